The molecule has 0 aliphatic carbocycles. The smallest absolute Gasteiger partial charge is 0.416 e. The number of hydrogen-bond acceptors (Lipinski definition) is 4. The Kier molecular flexibility index (Phi) is 6.54. The number of aromatic nitrogens is 1. The lowest BCUT2D eigenvalue weighted by Gasteiger charge is -2.27. The van der Waals surface area contributed by atoms with Crippen molar-refractivity contribution in [2.24, 2.45) is 0 Å². The van der Waals surface area contributed by atoms with Crippen LogP contribution in [0.2, 0.25) is 0 Å². The van der Waals surface area contributed by atoms with Gasteiger partial charge in [0.25, 0.3) is 5.91 Å². The summed E-state index contributed by atoms with van der Waals surface area (Å²) in [6.45, 7) is 1.33. The number of likely N-dealkylation sites (tertiary alicyclic amines) is 1. The van der Waals surface area contributed by atoms with E-state index in [9.17, 15) is 22.8 Å². The van der Waals surface area contributed by atoms with Crippen LogP contribution < -0.4 is 14.9 Å². The van der Waals surface area contributed by atoms with Gasteiger partial charge in [-0.15, -0.1) is 0 Å². The van der Waals surface area contributed by atoms with Crippen molar-refractivity contribution in [1.29, 1.82) is 0 Å². The molecule has 34 heavy (non-hydrogen) atoms. The van der Waals surface area contributed by atoms with E-state index in [1.807, 2.05) is 0 Å². The quantitative estimate of drug-likeness (QED) is 0.537. The third-order valence-electron chi connectivity index (χ3n) is 6.09. The van der Waals surface area contributed by atoms with Crippen molar-refractivity contribution >= 4 is 16.8 Å². The molecule has 0 spiro atoms. The molecule has 0 atom stereocenters. The predicted molar refractivity (Wildman–Crippen MR) is 122 cm³/mol. The van der Waals surface area contributed by atoms with E-state index in [4.69, 9.17) is 9.47 Å². The Bertz CT molecular complexity index is 1260. The van der Waals surface area contributed by atoms with Gasteiger partial charge in [0.05, 0.1) is 30.7 Å². The topological polar surface area (TPSA) is 60.8 Å². The van der Waals surface area contributed by atoms with E-state index >= 15 is 0 Å². The molecule has 1 fully saturated rings. The van der Waals surface area contributed by atoms with Gasteiger partial charge in [0, 0.05) is 31.9 Å². The van der Waals surface area contributed by atoms with Crippen LogP contribution in [0.15, 0.2) is 47.4 Å². The van der Waals surface area contributed by atoms with E-state index in [2.05, 4.69) is 0 Å². The largest absolute Gasteiger partial charge is 0.493 e. The van der Waals surface area contributed by atoms with Crippen LogP contribution in [0.4, 0.5) is 13.2 Å². The summed E-state index contributed by atoms with van der Waals surface area (Å²) >= 11 is 0. The molecule has 1 aromatic heterocycles. The van der Waals surface area contributed by atoms with E-state index < -0.39 is 17.2 Å². The number of piperidine rings is 1. The summed E-state index contributed by atoms with van der Waals surface area (Å²) in [4.78, 5) is 28.3. The number of rotatable bonds is 5. The minimum Gasteiger partial charge on any atom is -0.493 e. The Morgan fingerprint density at radius 1 is 0.971 bits per heavy atom. The van der Waals surface area contributed by atoms with Crippen molar-refractivity contribution in [1.82, 2.24) is 9.47 Å². The lowest BCUT2D eigenvalue weighted by Crippen LogP contribution is -2.38. The zero-order valence-electron chi connectivity index (χ0n) is 18.9. The van der Waals surface area contributed by atoms with Crippen molar-refractivity contribution in [3.05, 3.63) is 69.5 Å². The molecule has 9 heteroatoms. The van der Waals surface area contributed by atoms with Crippen molar-refractivity contribution < 1.29 is 27.4 Å². The van der Waals surface area contributed by atoms with Gasteiger partial charge in [0.1, 0.15) is 5.56 Å². The van der Waals surface area contributed by atoms with Gasteiger partial charge >= 0.3 is 6.18 Å². The maximum absolute atomic E-state index is 13.4. The fraction of sp³-hybridized carbons (Fsp3) is 0.360. The van der Waals surface area contributed by atoms with Crippen LogP contribution in [0.5, 0.6) is 11.5 Å². The van der Waals surface area contributed by atoms with Crippen molar-refractivity contribution in [3.8, 4) is 11.5 Å². The second-order valence-electron chi connectivity index (χ2n) is 8.27. The molecule has 1 saturated heterocycles. The second kappa shape index (κ2) is 9.40. The van der Waals surface area contributed by atoms with Crippen LogP contribution in [0.25, 0.3) is 10.9 Å². The normalized spacial score (nSPS) is 14.3. The molecular weight excluding hydrogens is 449 g/mol. The highest BCUT2D eigenvalue weighted by Gasteiger charge is 2.30. The first kappa shape index (κ1) is 23.7. The Balaban J connectivity index is 1.85. The number of ether oxygens (including phenoxy) is 2. The highest BCUT2D eigenvalue weighted by molar-refractivity contribution is 5.98. The van der Waals surface area contributed by atoms with Gasteiger partial charge in [-0.2, -0.15) is 13.2 Å². The van der Waals surface area contributed by atoms with Gasteiger partial charge < -0.3 is 18.9 Å². The minimum atomic E-state index is -4.43. The number of amides is 1. The first-order valence-electron chi connectivity index (χ1n) is 11.0. The van der Waals surface area contributed by atoms with Gasteiger partial charge in [-0.1, -0.05) is 12.1 Å². The van der Waals surface area contributed by atoms with Gasteiger partial charge in [0.2, 0.25) is 5.43 Å². The number of methoxy groups -OCH3 is 2. The molecule has 2 aromatic carbocycles. The number of carbonyl (C=O) groups is 1. The number of nitrogens with zero attached hydrogens (tertiary/aromatic N) is 2. The second-order valence-corrected chi connectivity index (χ2v) is 8.27. The molecule has 180 valence electrons. The molecule has 4 rings (SSSR count). The van der Waals surface area contributed by atoms with Crippen LogP contribution >= 0.6 is 0 Å². The fourth-order valence-electron chi connectivity index (χ4n) is 4.26. The Morgan fingerprint density at radius 2 is 1.59 bits per heavy atom. The van der Waals surface area contributed by atoms with Gasteiger partial charge in [0.15, 0.2) is 11.5 Å². The molecule has 2 heterocycles. The molecular formula is C25H25F3N2O4. The SMILES string of the molecule is COc1cc2c(=O)c(C(=O)N3CCCCC3)cn(Cc3ccc(C(F)(F)F)cc3)c2cc1OC. The average Bonchev–Trinajstić information content (AvgIpc) is 2.84. The van der Waals surface area contributed by atoms with Gasteiger partial charge in [-0.3, -0.25) is 9.59 Å². The van der Waals surface area contributed by atoms with E-state index in [1.165, 1.54) is 38.6 Å². The van der Waals surface area contributed by atoms with Crippen LogP contribution in [-0.2, 0) is 12.7 Å². The summed E-state index contributed by atoms with van der Waals surface area (Å²) in [7, 11) is 2.92. The summed E-state index contributed by atoms with van der Waals surface area (Å²) in [5.74, 6) is 0.393. The summed E-state index contributed by atoms with van der Waals surface area (Å²) in [5.41, 5.74) is -0.0704. The zero-order chi connectivity index (χ0) is 24.5. The first-order valence-corrected chi connectivity index (χ1v) is 11.0. The number of alkyl halides is 3. The summed E-state index contributed by atoms with van der Waals surface area (Å²) < 4.78 is 51.3. The molecule has 3 aromatic rings. The third kappa shape index (κ3) is 4.60. The molecule has 6 nitrogen and oxygen atoms in total. The number of benzene rings is 2. The Morgan fingerprint density at radius 3 is 2.18 bits per heavy atom. The maximum Gasteiger partial charge on any atom is 0.416 e. The van der Waals surface area contributed by atoms with Gasteiger partial charge in [-0.05, 0) is 43.0 Å². The van der Waals surface area contributed by atoms with Crippen molar-refractivity contribution in [2.75, 3.05) is 27.3 Å². The van der Waals surface area contributed by atoms with Crippen LogP contribution in [0.1, 0.15) is 40.7 Å². The Labute approximate surface area is 194 Å². The lowest BCUT2D eigenvalue weighted by molar-refractivity contribution is -0.137. The number of hydrogen-bond donors (Lipinski definition) is 0. The van der Waals surface area contributed by atoms with E-state index in [0.29, 0.717) is 35.7 Å². The molecule has 0 N–H and O–H groups in total. The predicted octanol–water partition coefficient (Wildman–Crippen LogP) is 4.71. The third-order valence-corrected chi connectivity index (χ3v) is 6.09. The molecule has 1 aliphatic rings. The van der Waals surface area contributed by atoms with Crippen LogP contribution in [0.3, 0.4) is 0 Å². The molecule has 0 radical (unpaired) electrons. The molecule has 1 amide bonds. The van der Waals surface area contributed by atoms with Crippen LogP contribution in [-0.4, -0.2) is 42.7 Å². The zero-order valence-corrected chi connectivity index (χ0v) is 18.9. The Hall–Kier alpha value is -3.49. The van der Waals surface area contributed by atoms with Gasteiger partial charge in [-0.25, -0.2) is 0 Å². The fourth-order valence-corrected chi connectivity index (χ4v) is 4.26. The van der Waals surface area contributed by atoms with E-state index in [1.54, 1.807) is 15.5 Å². The van der Waals surface area contributed by atoms with Crippen molar-refractivity contribution in [2.45, 2.75) is 32.0 Å². The molecule has 0 saturated carbocycles. The van der Waals surface area contributed by atoms with E-state index in [-0.39, 0.29) is 23.4 Å². The van der Waals surface area contributed by atoms with Crippen molar-refractivity contribution in [3.63, 3.8) is 0 Å². The molecule has 0 bridgehead atoms. The molecule has 1 aliphatic heterocycles. The summed E-state index contributed by atoms with van der Waals surface area (Å²) in [6, 6.07) is 7.98. The highest BCUT2D eigenvalue weighted by atomic mass is 19.4. The number of carbonyl (C=O) groups excluding carboxylic acids is 1. The van der Waals surface area contributed by atoms with E-state index in [0.717, 1.165) is 31.4 Å². The van der Waals surface area contributed by atoms with Crippen LogP contribution in [0, 0.1) is 0 Å². The minimum absolute atomic E-state index is 0.0218. The summed E-state index contributed by atoms with van der Waals surface area (Å²) in [6.07, 6.45) is -0.142. The standard InChI is InChI=1S/C25H25F3N2O4/c1-33-21-12-18-20(13-22(21)34-2)30(14-16-6-8-17(9-7-16)25(26,27)28)15-19(23(18)31)24(32)29-10-4-3-5-11-29/h6-9,12-13,15H,3-5,10-11,14H2,1-2H3. The maximum atomic E-state index is 13.4. The lowest BCUT2D eigenvalue weighted by atomic mass is 10.1. The number of pyridine rings is 1. The number of halogens is 3. The molecule has 0 unspecified atom stereocenters. The number of fused-ring (bicyclic) bond motifs is 1. The average molecular weight is 474 g/mol. The highest BCUT2D eigenvalue weighted by Crippen LogP contribution is 2.32. The monoisotopic (exact) mass is 474 g/mol. The summed E-state index contributed by atoms with van der Waals surface area (Å²) in [5, 5.41) is 0.271. The first-order chi connectivity index (χ1) is 16.2.